The van der Waals surface area contributed by atoms with E-state index >= 15 is 0 Å². The van der Waals surface area contributed by atoms with Crippen LogP contribution in [0.15, 0.2) is 6.20 Å². The highest BCUT2D eigenvalue weighted by Gasteiger charge is 2.15. The first-order chi connectivity index (χ1) is 7.37. The molecule has 0 aliphatic carbocycles. The Morgan fingerprint density at radius 3 is 2.75 bits per heavy atom. The van der Waals surface area contributed by atoms with Gasteiger partial charge in [0.1, 0.15) is 11.4 Å². The van der Waals surface area contributed by atoms with Gasteiger partial charge in [-0.25, -0.2) is 15.2 Å². The molecule has 1 aromatic rings. The first kappa shape index (κ1) is 12.5. The molecular formula is C10H18N4O2. The zero-order valence-corrected chi connectivity index (χ0v) is 10.0. The Labute approximate surface area is 94.8 Å². The molecule has 0 saturated heterocycles. The average molecular weight is 226 g/mol. The van der Waals surface area contributed by atoms with Crippen LogP contribution in [0.25, 0.3) is 0 Å². The van der Waals surface area contributed by atoms with Gasteiger partial charge in [0.25, 0.3) is 0 Å². The van der Waals surface area contributed by atoms with E-state index in [9.17, 15) is 4.79 Å². The Hall–Kier alpha value is -1.56. The van der Waals surface area contributed by atoms with Gasteiger partial charge in [-0.2, -0.15) is 0 Å². The maximum absolute atomic E-state index is 11.2. The number of hydrazine groups is 1. The lowest BCUT2D eigenvalue weighted by molar-refractivity contribution is 0.0497. The molecule has 16 heavy (non-hydrogen) atoms. The third-order valence-electron chi connectivity index (χ3n) is 1.62. The highest BCUT2D eigenvalue weighted by atomic mass is 16.6. The number of rotatable bonds is 3. The topological polar surface area (TPSA) is 79.0 Å². The van der Waals surface area contributed by atoms with Gasteiger partial charge in [-0.1, -0.05) is 0 Å². The molecule has 1 rings (SSSR count). The van der Waals surface area contributed by atoms with Crippen LogP contribution in [-0.4, -0.2) is 21.7 Å². The number of imidazole rings is 1. The molecule has 0 saturated carbocycles. The van der Waals surface area contributed by atoms with Crippen LogP contribution in [0.5, 0.6) is 0 Å². The zero-order chi connectivity index (χ0) is 12.2. The second-order valence-corrected chi connectivity index (χ2v) is 4.47. The Balaban J connectivity index is 2.23. The lowest BCUT2D eigenvalue weighted by Gasteiger charge is -2.19. The number of nitrogens with zero attached hydrogens (tertiary/aromatic N) is 1. The van der Waals surface area contributed by atoms with Crippen LogP contribution in [-0.2, 0) is 11.3 Å². The van der Waals surface area contributed by atoms with Gasteiger partial charge >= 0.3 is 6.09 Å². The summed E-state index contributed by atoms with van der Waals surface area (Å²) in [6.07, 6.45) is 1.21. The molecule has 1 heterocycles. The predicted molar refractivity (Wildman–Crippen MR) is 59.5 cm³/mol. The largest absolute Gasteiger partial charge is 0.443 e. The van der Waals surface area contributed by atoms with E-state index in [4.69, 9.17) is 4.74 Å². The van der Waals surface area contributed by atoms with Crippen LogP contribution in [0.2, 0.25) is 0 Å². The summed E-state index contributed by atoms with van der Waals surface area (Å²) in [5.74, 6) is 0.842. The number of H-pyrrole nitrogens is 1. The normalized spacial score (nSPS) is 11.2. The van der Waals surface area contributed by atoms with Crippen LogP contribution in [0.1, 0.15) is 32.3 Å². The smallest absolute Gasteiger partial charge is 0.422 e. The summed E-state index contributed by atoms with van der Waals surface area (Å²) in [6.45, 7) is 7.77. The minimum absolute atomic E-state index is 0.472. The van der Waals surface area contributed by atoms with Crippen LogP contribution in [0.3, 0.4) is 0 Å². The van der Waals surface area contributed by atoms with Gasteiger partial charge in [0.05, 0.1) is 12.2 Å². The van der Waals surface area contributed by atoms with Crippen molar-refractivity contribution in [2.24, 2.45) is 0 Å². The summed E-state index contributed by atoms with van der Waals surface area (Å²) in [5, 5.41) is 0. The number of carbonyl (C=O) groups is 1. The van der Waals surface area contributed by atoms with Crippen molar-refractivity contribution in [2.45, 2.75) is 39.8 Å². The first-order valence-corrected chi connectivity index (χ1v) is 5.09. The molecule has 0 aromatic carbocycles. The molecule has 3 N–H and O–H groups in total. The minimum Gasteiger partial charge on any atom is -0.443 e. The number of aryl methyl sites for hydroxylation is 1. The number of hydrogen-bond acceptors (Lipinski definition) is 4. The summed E-state index contributed by atoms with van der Waals surface area (Å²) < 4.78 is 5.04. The molecule has 0 aliphatic heterocycles. The van der Waals surface area contributed by atoms with Gasteiger partial charge in [-0.05, 0) is 27.7 Å². The van der Waals surface area contributed by atoms with E-state index in [0.29, 0.717) is 6.54 Å². The molecule has 0 bridgehead atoms. The highest BCUT2D eigenvalue weighted by molar-refractivity contribution is 5.66. The van der Waals surface area contributed by atoms with E-state index in [0.717, 1.165) is 11.5 Å². The number of hydrogen-bond donors (Lipinski definition) is 3. The summed E-state index contributed by atoms with van der Waals surface area (Å²) in [5.41, 5.74) is 5.59. The van der Waals surface area contributed by atoms with Crippen molar-refractivity contribution in [2.75, 3.05) is 0 Å². The molecule has 0 unspecified atom stereocenters. The SMILES string of the molecule is Cc1ncc(CNNC(=O)OC(C)(C)C)[nH]1. The first-order valence-electron chi connectivity index (χ1n) is 5.09. The molecule has 0 spiro atoms. The Bertz CT molecular complexity index is 354. The monoisotopic (exact) mass is 226 g/mol. The summed E-state index contributed by atoms with van der Waals surface area (Å²) in [6, 6.07) is 0. The van der Waals surface area contributed by atoms with Gasteiger partial charge in [-0.15, -0.1) is 0 Å². The van der Waals surface area contributed by atoms with E-state index in [-0.39, 0.29) is 0 Å². The number of ether oxygens (including phenoxy) is 1. The number of nitrogens with one attached hydrogen (secondary N) is 3. The van der Waals surface area contributed by atoms with Gasteiger partial charge in [0.15, 0.2) is 0 Å². The van der Waals surface area contributed by atoms with Crippen molar-refractivity contribution < 1.29 is 9.53 Å². The van der Waals surface area contributed by atoms with Crippen molar-refractivity contribution in [3.05, 3.63) is 17.7 Å². The fourth-order valence-electron chi connectivity index (χ4n) is 1.08. The van der Waals surface area contributed by atoms with Gasteiger partial charge in [-0.3, -0.25) is 5.43 Å². The number of amides is 1. The maximum atomic E-state index is 11.2. The highest BCUT2D eigenvalue weighted by Crippen LogP contribution is 2.05. The van der Waals surface area contributed by atoms with Crippen molar-refractivity contribution in [3.63, 3.8) is 0 Å². The van der Waals surface area contributed by atoms with Gasteiger partial charge < -0.3 is 9.72 Å². The van der Waals surface area contributed by atoms with E-state index in [1.807, 2.05) is 27.7 Å². The summed E-state index contributed by atoms with van der Waals surface area (Å²) in [4.78, 5) is 18.3. The number of carbonyl (C=O) groups excluding carboxylic acids is 1. The van der Waals surface area contributed by atoms with E-state index < -0.39 is 11.7 Å². The van der Waals surface area contributed by atoms with Crippen molar-refractivity contribution in [1.82, 2.24) is 20.8 Å². The molecule has 0 atom stereocenters. The summed E-state index contributed by atoms with van der Waals surface area (Å²) in [7, 11) is 0. The predicted octanol–water partition coefficient (Wildman–Crippen LogP) is 1.25. The average Bonchev–Trinajstić information content (AvgIpc) is 2.48. The van der Waals surface area contributed by atoms with Gasteiger partial charge in [0.2, 0.25) is 0 Å². The zero-order valence-electron chi connectivity index (χ0n) is 10.0. The molecule has 6 nitrogen and oxygen atoms in total. The van der Waals surface area contributed by atoms with Gasteiger partial charge in [0, 0.05) is 6.20 Å². The summed E-state index contributed by atoms with van der Waals surface area (Å²) >= 11 is 0. The molecule has 1 amide bonds. The lowest BCUT2D eigenvalue weighted by Crippen LogP contribution is -2.40. The standard InChI is InChI=1S/C10H18N4O2/c1-7-11-5-8(13-7)6-12-14-9(15)16-10(2,3)4/h5,12H,6H2,1-4H3,(H,11,13)(H,14,15). The van der Waals surface area contributed by atoms with Crippen LogP contribution in [0.4, 0.5) is 4.79 Å². The fraction of sp³-hybridized carbons (Fsp3) is 0.600. The second kappa shape index (κ2) is 4.98. The molecular weight excluding hydrogens is 208 g/mol. The molecule has 0 aliphatic rings. The quantitative estimate of drug-likeness (QED) is 0.678. The van der Waals surface area contributed by atoms with Crippen LogP contribution >= 0.6 is 0 Å². The van der Waals surface area contributed by atoms with Crippen molar-refractivity contribution >= 4 is 6.09 Å². The van der Waals surface area contributed by atoms with E-state index in [1.165, 1.54) is 0 Å². The molecule has 90 valence electrons. The maximum Gasteiger partial charge on any atom is 0.422 e. The lowest BCUT2D eigenvalue weighted by atomic mass is 10.2. The van der Waals surface area contributed by atoms with Crippen LogP contribution in [0, 0.1) is 6.92 Å². The third-order valence-corrected chi connectivity index (χ3v) is 1.62. The minimum atomic E-state index is -0.497. The number of aromatic amines is 1. The van der Waals surface area contributed by atoms with E-state index in [2.05, 4.69) is 20.8 Å². The van der Waals surface area contributed by atoms with E-state index in [1.54, 1.807) is 6.20 Å². The number of aromatic nitrogens is 2. The fourth-order valence-corrected chi connectivity index (χ4v) is 1.08. The van der Waals surface area contributed by atoms with Crippen molar-refractivity contribution in [3.8, 4) is 0 Å². The molecule has 0 radical (unpaired) electrons. The Kier molecular flexibility index (Phi) is 3.89. The van der Waals surface area contributed by atoms with Crippen LogP contribution < -0.4 is 10.9 Å². The second-order valence-electron chi connectivity index (χ2n) is 4.47. The molecule has 6 heteroatoms. The van der Waals surface area contributed by atoms with Crippen molar-refractivity contribution in [1.29, 1.82) is 0 Å². The molecule has 1 aromatic heterocycles. The Morgan fingerprint density at radius 1 is 1.56 bits per heavy atom. The molecule has 0 fully saturated rings. The third kappa shape index (κ3) is 4.79. The Morgan fingerprint density at radius 2 is 2.25 bits per heavy atom.